The molecule has 2 aliphatic carbocycles. The van der Waals surface area contributed by atoms with Crippen molar-refractivity contribution in [3.8, 4) is 0 Å². The average Bonchev–Trinajstić information content (AvgIpc) is 2.57. The molecular weight excluding hydrogens is 188 g/mol. The van der Waals surface area contributed by atoms with Gasteiger partial charge in [-0.2, -0.15) is 0 Å². The summed E-state index contributed by atoms with van der Waals surface area (Å²) in [6.07, 6.45) is 4.94. The van der Waals surface area contributed by atoms with Crippen molar-refractivity contribution >= 4 is 18.3 Å². The molecule has 0 aromatic heterocycles. The van der Waals surface area contributed by atoms with E-state index in [4.69, 9.17) is 5.73 Å². The Kier molecular flexibility index (Phi) is 2.61. The Morgan fingerprint density at radius 3 is 2.15 bits per heavy atom. The molecule has 2 rings (SSSR count). The summed E-state index contributed by atoms with van der Waals surface area (Å²) in [5.74, 6) is 0.201. The molecule has 0 radical (unpaired) electrons. The molecule has 2 fully saturated rings. The summed E-state index contributed by atoms with van der Waals surface area (Å²) in [6.45, 7) is 0. The third-order valence-electron chi connectivity index (χ3n) is 3.60. The Bertz CT molecular complexity index is 222. The van der Waals surface area contributed by atoms with Gasteiger partial charge in [0.1, 0.15) is 0 Å². The zero-order valence-corrected chi connectivity index (χ0v) is 8.75. The molecule has 2 bridgehead atoms. The lowest BCUT2D eigenvalue weighted by atomic mass is 9.83. The molecule has 2 saturated carbocycles. The standard InChI is InChI=1S/C9H16N2O.ClH/c1-11-7(12)8-2-4-9(10,6-8)5-3-8;/h2-6,10H2,1H3,(H,11,12);1H. The van der Waals surface area contributed by atoms with E-state index in [0.29, 0.717) is 0 Å². The molecule has 3 N–H and O–H groups in total. The van der Waals surface area contributed by atoms with Gasteiger partial charge in [-0.05, 0) is 32.1 Å². The summed E-state index contributed by atoms with van der Waals surface area (Å²) in [6, 6.07) is 0. The van der Waals surface area contributed by atoms with Gasteiger partial charge in [0.2, 0.25) is 5.91 Å². The van der Waals surface area contributed by atoms with Crippen LogP contribution in [0.3, 0.4) is 0 Å². The van der Waals surface area contributed by atoms with Crippen molar-refractivity contribution in [2.45, 2.75) is 37.6 Å². The maximum atomic E-state index is 11.6. The van der Waals surface area contributed by atoms with Crippen LogP contribution in [0.2, 0.25) is 0 Å². The number of halogens is 1. The van der Waals surface area contributed by atoms with E-state index in [0.717, 1.165) is 32.1 Å². The van der Waals surface area contributed by atoms with Gasteiger partial charge in [-0.1, -0.05) is 0 Å². The normalized spacial score (nSPS) is 41.4. The first-order chi connectivity index (χ1) is 5.60. The Balaban J connectivity index is 0.000000845. The summed E-state index contributed by atoms with van der Waals surface area (Å²) in [5.41, 5.74) is 6.00. The monoisotopic (exact) mass is 204 g/mol. The third-order valence-corrected chi connectivity index (χ3v) is 3.60. The number of amides is 1. The Morgan fingerprint density at radius 2 is 1.85 bits per heavy atom. The van der Waals surface area contributed by atoms with Crippen LogP contribution in [0.1, 0.15) is 32.1 Å². The smallest absolute Gasteiger partial charge is 0.226 e. The molecule has 0 heterocycles. The van der Waals surface area contributed by atoms with E-state index in [2.05, 4.69) is 5.32 Å². The highest BCUT2D eigenvalue weighted by molar-refractivity contribution is 5.85. The van der Waals surface area contributed by atoms with Crippen molar-refractivity contribution in [1.82, 2.24) is 5.32 Å². The van der Waals surface area contributed by atoms with Crippen molar-refractivity contribution in [1.29, 1.82) is 0 Å². The highest BCUT2D eigenvalue weighted by Gasteiger charge is 2.55. The lowest BCUT2D eigenvalue weighted by Gasteiger charge is -2.24. The maximum absolute atomic E-state index is 11.6. The maximum Gasteiger partial charge on any atom is 0.226 e. The fraction of sp³-hybridized carbons (Fsp3) is 0.889. The van der Waals surface area contributed by atoms with E-state index in [1.165, 1.54) is 0 Å². The number of hydrogen-bond donors (Lipinski definition) is 2. The third kappa shape index (κ3) is 1.44. The second kappa shape index (κ2) is 3.14. The van der Waals surface area contributed by atoms with E-state index in [1.807, 2.05) is 0 Å². The van der Waals surface area contributed by atoms with Crippen molar-refractivity contribution in [2.24, 2.45) is 11.1 Å². The zero-order valence-electron chi connectivity index (χ0n) is 7.93. The lowest BCUT2D eigenvalue weighted by Crippen LogP contribution is -2.35. The number of hydrogen-bond acceptors (Lipinski definition) is 2. The Labute approximate surface area is 84.9 Å². The summed E-state index contributed by atoms with van der Waals surface area (Å²) in [5, 5.41) is 2.75. The Hall–Kier alpha value is -0.280. The van der Waals surface area contributed by atoms with Crippen molar-refractivity contribution in [2.75, 3.05) is 7.05 Å². The molecule has 0 aromatic carbocycles. The lowest BCUT2D eigenvalue weighted by molar-refractivity contribution is -0.130. The second-order valence-electron chi connectivity index (χ2n) is 4.40. The van der Waals surface area contributed by atoms with Crippen LogP contribution in [0, 0.1) is 5.41 Å². The SMILES string of the molecule is CNC(=O)C12CCC(N)(CC1)C2.Cl. The molecule has 0 saturated heterocycles. The number of nitrogens with one attached hydrogen (secondary N) is 1. The molecule has 0 unspecified atom stereocenters. The first-order valence-electron chi connectivity index (χ1n) is 4.61. The molecule has 3 nitrogen and oxygen atoms in total. The summed E-state index contributed by atoms with van der Waals surface area (Å²) >= 11 is 0. The largest absolute Gasteiger partial charge is 0.359 e. The van der Waals surface area contributed by atoms with Crippen molar-refractivity contribution < 1.29 is 4.79 Å². The topological polar surface area (TPSA) is 55.1 Å². The molecule has 0 aromatic rings. The minimum atomic E-state index is -0.0937. The fourth-order valence-electron chi connectivity index (χ4n) is 2.83. The molecular formula is C9H17ClN2O. The van der Waals surface area contributed by atoms with Crippen LogP contribution >= 0.6 is 12.4 Å². The number of carbonyl (C=O) groups excluding carboxylic acids is 1. The molecule has 2 aliphatic rings. The number of nitrogens with two attached hydrogens (primary N) is 1. The number of rotatable bonds is 1. The number of carbonyl (C=O) groups is 1. The highest BCUT2D eigenvalue weighted by atomic mass is 35.5. The van der Waals surface area contributed by atoms with Gasteiger partial charge in [0.15, 0.2) is 0 Å². The average molecular weight is 205 g/mol. The van der Waals surface area contributed by atoms with Crippen LogP contribution in [-0.4, -0.2) is 18.5 Å². The number of fused-ring (bicyclic) bond motifs is 2. The molecule has 0 aliphatic heterocycles. The van der Waals surface area contributed by atoms with Crippen LogP contribution in [0.5, 0.6) is 0 Å². The molecule has 76 valence electrons. The molecule has 0 spiro atoms. The second-order valence-corrected chi connectivity index (χ2v) is 4.40. The van der Waals surface area contributed by atoms with Gasteiger partial charge in [0.25, 0.3) is 0 Å². The van der Waals surface area contributed by atoms with Crippen LogP contribution in [-0.2, 0) is 4.79 Å². The van der Waals surface area contributed by atoms with E-state index in [-0.39, 0.29) is 29.3 Å². The minimum absolute atomic E-state index is 0. The van der Waals surface area contributed by atoms with Gasteiger partial charge in [0.05, 0.1) is 5.41 Å². The Morgan fingerprint density at radius 1 is 1.31 bits per heavy atom. The van der Waals surface area contributed by atoms with Gasteiger partial charge in [0, 0.05) is 12.6 Å². The van der Waals surface area contributed by atoms with E-state index in [1.54, 1.807) is 7.05 Å². The minimum Gasteiger partial charge on any atom is -0.359 e. The first-order valence-corrected chi connectivity index (χ1v) is 4.61. The highest BCUT2D eigenvalue weighted by Crippen LogP contribution is 2.55. The molecule has 13 heavy (non-hydrogen) atoms. The van der Waals surface area contributed by atoms with Gasteiger partial charge in [-0.25, -0.2) is 0 Å². The van der Waals surface area contributed by atoms with Gasteiger partial charge >= 0.3 is 0 Å². The van der Waals surface area contributed by atoms with E-state index in [9.17, 15) is 4.79 Å². The van der Waals surface area contributed by atoms with E-state index < -0.39 is 0 Å². The molecule has 4 heteroatoms. The van der Waals surface area contributed by atoms with Crippen molar-refractivity contribution in [3.63, 3.8) is 0 Å². The van der Waals surface area contributed by atoms with Crippen molar-refractivity contribution in [3.05, 3.63) is 0 Å². The van der Waals surface area contributed by atoms with Gasteiger partial charge < -0.3 is 11.1 Å². The summed E-state index contributed by atoms with van der Waals surface area (Å²) < 4.78 is 0. The summed E-state index contributed by atoms with van der Waals surface area (Å²) in [7, 11) is 1.71. The quantitative estimate of drug-likeness (QED) is 0.665. The van der Waals surface area contributed by atoms with Crippen LogP contribution in [0.4, 0.5) is 0 Å². The van der Waals surface area contributed by atoms with Crippen LogP contribution in [0.15, 0.2) is 0 Å². The van der Waals surface area contributed by atoms with Crippen LogP contribution in [0.25, 0.3) is 0 Å². The van der Waals surface area contributed by atoms with Crippen LogP contribution < -0.4 is 11.1 Å². The summed E-state index contributed by atoms with van der Waals surface area (Å²) in [4.78, 5) is 11.6. The van der Waals surface area contributed by atoms with E-state index >= 15 is 0 Å². The first kappa shape index (κ1) is 10.8. The predicted molar refractivity (Wildman–Crippen MR) is 53.8 cm³/mol. The van der Waals surface area contributed by atoms with Gasteiger partial charge in [-0.15, -0.1) is 12.4 Å². The predicted octanol–water partition coefficient (Wildman–Crippen LogP) is 0.816. The van der Waals surface area contributed by atoms with Gasteiger partial charge in [-0.3, -0.25) is 4.79 Å². The molecule has 1 amide bonds. The molecule has 0 atom stereocenters. The zero-order chi connectivity index (χ0) is 8.82. The fourth-order valence-corrected chi connectivity index (χ4v) is 2.83.